The van der Waals surface area contributed by atoms with E-state index in [9.17, 15) is 9.18 Å². The Hall–Kier alpha value is -2.28. The first-order valence-electron chi connectivity index (χ1n) is 8.86. The number of fused-ring (bicyclic) bond motifs is 1. The number of thiophene rings is 1. The number of carbonyl (C=O) groups is 1. The van der Waals surface area contributed by atoms with E-state index in [1.165, 1.54) is 30.2 Å². The second-order valence-electron chi connectivity index (χ2n) is 6.57. The SMILES string of the molecule is Cc1cc(C(=O)CSc2ncnc3sc(C)c(-c4ccc(Cl)cc4)c23)ccc1F. The fraction of sp³-hybridized carbons (Fsp3) is 0.136. The van der Waals surface area contributed by atoms with Crippen LogP contribution in [0.25, 0.3) is 21.3 Å². The van der Waals surface area contributed by atoms with E-state index in [0.717, 1.165) is 31.2 Å². The van der Waals surface area contributed by atoms with E-state index in [1.54, 1.807) is 24.3 Å². The number of benzene rings is 2. The number of aromatic nitrogens is 2. The maximum Gasteiger partial charge on any atom is 0.173 e. The predicted molar refractivity (Wildman–Crippen MR) is 119 cm³/mol. The Morgan fingerprint density at radius 2 is 1.90 bits per heavy atom. The van der Waals surface area contributed by atoms with Gasteiger partial charge in [-0.2, -0.15) is 0 Å². The lowest BCUT2D eigenvalue weighted by molar-refractivity contribution is 0.102. The molecule has 0 aliphatic heterocycles. The van der Waals surface area contributed by atoms with E-state index < -0.39 is 0 Å². The Labute approximate surface area is 181 Å². The highest BCUT2D eigenvalue weighted by Crippen LogP contribution is 2.41. The summed E-state index contributed by atoms with van der Waals surface area (Å²) in [6.07, 6.45) is 1.53. The van der Waals surface area contributed by atoms with Gasteiger partial charge in [0.1, 0.15) is 22.0 Å². The van der Waals surface area contributed by atoms with E-state index in [-0.39, 0.29) is 17.4 Å². The quantitative estimate of drug-likeness (QED) is 0.195. The van der Waals surface area contributed by atoms with Gasteiger partial charge in [0.25, 0.3) is 0 Å². The molecule has 0 saturated heterocycles. The van der Waals surface area contributed by atoms with Crippen LogP contribution in [0.15, 0.2) is 53.8 Å². The molecule has 2 aromatic carbocycles. The number of rotatable bonds is 5. The van der Waals surface area contributed by atoms with Gasteiger partial charge in [-0.1, -0.05) is 35.5 Å². The molecule has 0 fully saturated rings. The molecule has 0 N–H and O–H groups in total. The monoisotopic (exact) mass is 442 g/mol. The highest BCUT2D eigenvalue weighted by Gasteiger charge is 2.18. The van der Waals surface area contributed by atoms with Gasteiger partial charge >= 0.3 is 0 Å². The Morgan fingerprint density at radius 3 is 2.62 bits per heavy atom. The molecule has 0 amide bonds. The number of halogens is 2. The summed E-state index contributed by atoms with van der Waals surface area (Å²) >= 11 is 9.02. The van der Waals surface area contributed by atoms with Crippen LogP contribution in [0.4, 0.5) is 4.39 Å². The lowest BCUT2D eigenvalue weighted by atomic mass is 10.0. The van der Waals surface area contributed by atoms with Crippen LogP contribution in [0.3, 0.4) is 0 Å². The molecule has 0 bridgehead atoms. The summed E-state index contributed by atoms with van der Waals surface area (Å²) in [4.78, 5) is 23.5. The van der Waals surface area contributed by atoms with Crippen molar-refractivity contribution < 1.29 is 9.18 Å². The van der Waals surface area contributed by atoms with Gasteiger partial charge in [0.05, 0.1) is 11.1 Å². The molecule has 0 unspecified atom stereocenters. The van der Waals surface area contributed by atoms with Crippen LogP contribution < -0.4 is 0 Å². The normalized spacial score (nSPS) is 11.2. The van der Waals surface area contributed by atoms with Crippen molar-refractivity contribution in [3.8, 4) is 11.1 Å². The van der Waals surface area contributed by atoms with Gasteiger partial charge in [0.2, 0.25) is 0 Å². The average molecular weight is 443 g/mol. The highest BCUT2D eigenvalue weighted by molar-refractivity contribution is 8.00. The van der Waals surface area contributed by atoms with E-state index in [0.29, 0.717) is 16.1 Å². The molecule has 0 spiro atoms. The first-order chi connectivity index (χ1) is 13.9. The summed E-state index contributed by atoms with van der Waals surface area (Å²) in [5.74, 6) is -0.163. The van der Waals surface area contributed by atoms with Gasteiger partial charge in [-0.15, -0.1) is 11.3 Å². The zero-order valence-electron chi connectivity index (χ0n) is 15.7. The van der Waals surface area contributed by atoms with Crippen LogP contribution in [0.2, 0.25) is 5.02 Å². The van der Waals surface area contributed by atoms with Crippen molar-refractivity contribution in [1.82, 2.24) is 9.97 Å². The number of ketones is 1. The fourth-order valence-electron chi connectivity index (χ4n) is 3.13. The minimum Gasteiger partial charge on any atom is -0.293 e. The molecule has 2 heterocycles. The molecule has 3 nitrogen and oxygen atoms in total. The standard InChI is InChI=1S/C22H16ClFN2OS2/c1-12-9-15(5-8-17(12)24)18(27)10-28-21-20-19(14-3-6-16(23)7-4-14)13(2)29-22(20)26-11-25-21/h3-9,11H,10H2,1-2H3. The van der Waals surface area contributed by atoms with E-state index in [4.69, 9.17) is 11.6 Å². The van der Waals surface area contributed by atoms with Crippen molar-refractivity contribution in [2.75, 3.05) is 5.75 Å². The van der Waals surface area contributed by atoms with Gasteiger partial charge in [0, 0.05) is 21.0 Å². The topological polar surface area (TPSA) is 42.9 Å². The second kappa shape index (κ2) is 8.22. The zero-order chi connectivity index (χ0) is 20.5. The summed E-state index contributed by atoms with van der Waals surface area (Å²) in [5, 5.41) is 2.39. The Balaban J connectivity index is 1.68. The molecule has 7 heteroatoms. The van der Waals surface area contributed by atoms with E-state index >= 15 is 0 Å². The van der Waals surface area contributed by atoms with Crippen molar-refractivity contribution >= 4 is 50.7 Å². The van der Waals surface area contributed by atoms with Gasteiger partial charge in [-0.3, -0.25) is 4.79 Å². The van der Waals surface area contributed by atoms with Crippen molar-refractivity contribution in [2.24, 2.45) is 0 Å². The molecule has 4 aromatic rings. The molecule has 4 rings (SSSR count). The minimum atomic E-state index is -0.312. The molecule has 0 atom stereocenters. The maximum atomic E-state index is 13.5. The maximum absolute atomic E-state index is 13.5. The smallest absolute Gasteiger partial charge is 0.173 e. The third-order valence-corrected chi connectivity index (χ3v) is 6.84. The van der Waals surface area contributed by atoms with Crippen LogP contribution in [0.1, 0.15) is 20.8 Å². The molecule has 0 aliphatic rings. The van der Waals surface area contributed by atoms with Crippen molar-refractivity contribution in [3.05, 3.63) is 75.6 Å². The molecule has 146 valence electrons. The zero-order valence-corrected chi connectivity index (χ0v) is 18.1. The molecule has 29 heavy (non-hydrogen) atoms. The third kappa shape index (κ3) is 4.06. The molecular formula is C22H16ClFN2OS2. The van der Waals surface area contributed by atoms with Gasteiger partial charge < -0.3 is 0 Å². The number of carbonyl (C=O) groups excluding carboxylic acids is 1. The number of aryl methyl sites for hydroxylation is 2. The number of hydrogen-bond donors (Lipinski definition) is 0. The second-order valence-corrected chi connectivity index (χ2v) is 9.18. The average Bonchev–Trinajstić information content (AvgIpc) is 3.05. The summed E-state index contributed by atoms with van der Waals surface area (Å²) in [7, 11) is 0. The Kier molecular flexibility index (Phi) is 5.67. The van der Waals surface area contributed by atoms with Gasteiger partial charge in [0.15, 0.2) is 5.78 Å². The Bertz CT molecular complexity index is 1220. The van der Waals surface area contributed by atoms with Crippen molar-refractivity contribution in [2.45, 2.75) is 18.9 Å². The summed E-state index contributed by atoms with van der Waals surface area (Å²) in [6, 6.07) is 12.1. The summed E-state index contributed by atoms with van der Waals surface area (Å²) in [5.41, 5.74) is 3.06. The van der Waals surface area contributed by atoms with E-state index in [2.05, 4.69) is 16.9 Å². The minimum absolute atomic E-state index is 0.0649. The highest BCUT2D eigenvalue weighted by atomic mass is 35.5. The van der Waals surface area contributed by atoms with E-state index in [1.807, 2.05) is 24.3 Å². The molecule has 0 aliphatic carbocycles. The van der Waals surface area contributed by atoms with Crippen molar-refractivity contribution in [3.63, 3.8) is 0 Å². The van der Waals surface area contributed by atoms with Gasteiger partial charge in [-0.25, -0.2) is 14.4 Å². The third-order valence-electron chi connectivity index (χ3n) is 4.58. The number of hydrogen-bond acceptors (Lipinski definition) is 5. The van der Waals surface area contributed by atoms with Crippen LogP contribution in [0, 0.1) is 19.7 Å². The van der Waals surface area contributed by atoms with Crippen LogP contribution in [-0.4, -0.2) is 21.5 Å². The Morgan fingerprint density at radius 1 is 1.14 bits per heavy atom. The van der Waals surface area contributed by atoms with Crippen LogP contribution in [-0.2, 0) is 0 Å². The first kappa shape index (κ1) is 20.0. The summed E-state index contributed by atoms with van der Waals surface area (Å²) in [6.45, 7) is 3.71. The predicted octanol–water partition coefficient (Wildman–Crippen LogP) is 6.74. The lowest BCUT2D eigenvalue weighted by Gasteiger charge is -2.07. The lowest BCUT2D eigenvalue weighted by Crippen LogP contribution is -2.04. The first-order valence-corrected chi connectivity index (χ1v) is 11.0. The fourth-order valence-corrected chi connectivity index (χ4v) is 5.23. The summed E-state index contributed by atoms with van der Waals surface area (Å²) < 4.78 is 13.5. The number of thioether (sulfide) groups is 1. The van der Waals surface area contributed by atoms with Crippen LogP contribution in [0.5, 0.6) is 0 Å². The number of Topliss-reactive ketones (excluding diaryl/α,β-unsaturated/α-hetero) is 1. The molecular weight excluding hydrogens is 427 g/mol. The molecule has 2 aromatic heterocycles. The van der Waals surface area contributed by atoms with Gasteiger partial charge in [-0.05, 0) is 55.3 Å². The number of nitrogens with zero attached hydrogens (tertiary/aromatic N) is 2. The molecule has 0 radical (unpaired) electrons. The largest absolute Gasteiger partial charge is 0.293 e. The molecule has 0 saturated carbocycles. The van der Waals surface area contributed by atoms with Crippen molar-refractivity contribution in [1.29, 1.82) is 0 Å². The van der Waals surface area contributed by atoms with Crippen LogP contribution >= 0.6 is 34.7 Å².